The van der Waals surface area contributed by atoms with Crippen molar-refractivity contribution in [1.82, 2.24) is 9.97 Å². The Bertz CT molecular complexity index is 660. The van der Waals surface area contributed by atoms with Crippen molar-refractivity contribution in [3.05, 3.63) is 42.2 Å². The third-order valence-corrected chi connectivity index (χ3v) is 3.27. The van der Waals surface area contributed by atoms with E-state index in [9.17, 15) is 4.79 Å². The summed E-state index contributed by atoms with van der Waals surface area (Å²) in [6.45, 7) is 2.43. The fraction of sp³-hybridized carbons (Fsp3) is 0.267. The maximum absolute atomic E-state index is 12.1. The number of aromatic nitrogens is 2. The highest BCUT2D eigenvalue weighted by atomic mass is 16.5. The average molecular weight is 284 g/mol. The zero-order valence-corrected chi connectivity index (χ0v) is 11.7. The highest BCUT2D eigenvalue weighted by Crippen LogP contribution is 2.23. The number of nitrogens with zero attached hydrogens (tertiary/aromatic N) is 2. The van der Waals surface area contributed by atoms with E-state index in [1.54, 1.807) is 6.07 Å². The van der Waals surface area contributed by atoms with Crippen LogP contribution < -0.4 is 15.4 Å². The molecule has 1 aliphatic rings. The van der Waals surface area contributed by atoms with Crippen molar-refractivity contribution in [3.63, 3.8) is 0 Å². The SMILES string of the molecule is CCOc1cc(NC2Cc3ccccc3NC2=O)ncn1. The number of benzene rings is 1. The summed E-state index contributed by atoms with van der Waals surface area (Å²) in [5.41, 5.74) is 1.98. The van der Waals surface area contributed by atoms with Gasteiger partial charge in [0.25, 0.3) is 0 Å². The Labute approximate surface area is 122 Å². The molecule has 2 heterocycles. The van der Waals surface area contributed by atoms with Crippen LogP contribution in [-0.4, -0.2) is 28.5 Å². The molecule has 1 aromatic carbocycles. The van der Waals surface area contributed by atoms with Crippen LogP contribution in [0.25, 0.3) is 0 Å². The van der Waals surface area contributed by atoms with Crippen LogP contribution in [0.5, 0.6) is 5.88 Å². The number of hydrogen-bond donors (Lipinski definition) is 2. The minimum atomic E-state index is -0.357. The number of para-hydroxylation sites is 1. The van der Waals surface area contributed by atoms with Crippen LogP contribution in [0, 0.1) is 0 Å². The largest absolute Gasteiger partial charge is 0.478 e. The second kappa shape index (κ2) is 5.78. The first-order chi connectivity index (χ1) is 10.3. The molecule has 2 aromatic rings. The Hall–Kier alpha value is -2.63. The molecule has 1 unspecified atom stereocenters. The minimum absolute atomic E-state index is 0.0646. The Morgan fingerprint density at radius 3 is 3.10 bits per heavy atom. The van der Waals surface area contributed by atoms with Gasteiger partial charge in [-0.05, 0) is 18.6 Å². The van der Waals surface area contributed by atoms with Gasteiger partial charge in [-0.15, -0.1) is 0 Å². The van der Waals surface area contributed by atoms with Crippen molar-refractivity contribution >= 4 is 17.4 Å². The van der Waals surface area contributed by atoms with Crippen molar-refractivity contribution in [2.45, 2.75) is 19.4 Å². The Kier molecular flexibility index (Phi) is 3.68. The fourth-order valence-electron chi connectivity index (χ4n) is 2.29. The quantitative estimate of drug-likeness (QED) is 0.896. The first kappa shape index (κ1) is 13.4. The lowest BCUT2D eigenvalue weighted by Crippen LogP contribution is -2.40. The molecule has 1 atom stereocenters. The second-order valence-corrected chi connectivity index (χ2v) is 4.72. The Morgan fingerprint density at radius 2 is 2.24 bits per heavy atom. The normalized spacial score (nSPS) is 16.8. The topological polar surface area (TPSA) is 76.1 Å². The Balaban J connectivity index is 1.76. The third kappa shape index (κ3) is 2.94. The lowest BCUT2D eigenvalue weighted by atomic mass is 9.99. The van der Waals surface area contributed by atoms with Crippen LogP contribution in [0.3, 0.4) is 0 Å². The number of carbonyl (C=O) groups is 1. The highest BCUT2D eigenvalue weighted by molar-refractivity contribution is 5.99. The molecular formula is C15H16N4O2. The van der Waals surface area contributed by atoms with Gasteiger partial charge in [0.15, 0.2) is 0 Å². The zero-order chi connectivity index (χ0) is 14.7. The molecule has 0 aliphatic carbocycles. The van der Waals surface area contributed by atoms with Gasteiger partial charge in [-0.1, -0.05) is 18.2 Å². The highest BCUT2D eigenvalue weighted by Gasteiger charge is 2.26. The van der Waals surface area contributed by atoms with E-state index in [1.807, 2.05) is 31.2 Å². The van der Waals surface area contributed by atoms with E-state index in [0.717, 1.165) is 11.3 Å². The van der Waals surface area contributed by atoms with Crippen LogP contribution in [0.2, 0.25) is 0 Å². The summed E-state index contributed by atoms with van der Waals surface area (Å²) in [6.07, 6.45) is 2.04. The van der Waals surface area contributed by atoms with Crippen LogP contribution >= 0.6 is 0 Å². The fourth-order valence-corrected chi connectivity index (χ4v) is 2.29. The van der Waals surface area contributed by atoms with E-state index < -0.39 is 0 Å². The molecule has 1 aliphatic heterocycles. The van der Waals surface area contributed by atoms with Crippen molar-refractivity contribution < 1.29 is 9.53 Å². The molecule has 0 saturated heterocycles. The van der Waals surface area contributed by atoms with Crippen molar-refractivity contribution in [2.75, 3.05) is 17.2 Å². The van der Waals surface area contributed by atoms with E-state index in [-0.39, 0.29) is 11.9 Å². The molecule has 21 heavy (non-hydrogen) atoms. The lowest BCUT2D eigenvalue weighted by Gasteiger charge is -2.25. The maximum Gasteiger partial charge on any atom is 0.247 e. The van der Waals surface area contributed by atoms with Gasteiger partial charge in [0, 0.05) is 18.2 Å². The minimum Gasteiger partial charge on any atom is -0.478 e. The number of hydrogen-bond acceptors (Lipinski definition) is 5. The van der Waals surface area contributed by atoms with Crippen molar-refractivity contribution in [1.29, 1.82) is 0 Å². The van der Waals surface area contributed by atoms with Gasteiger partial charge < -0.3 is 15.4 Å². The summed E-state index contributed by atoms with van der Waals surface area (Å²) < 4.78 is 5.33. The predicted octanol–water partition coefficient (Wildman–Crippen LogP) is 1.85. The summed E-state index contributed by atoms with van der Waals surface area (Å²) in [5.74, 6) is 1.00. The number of carbonyl (C=O) groups excluding carboxylic acids is 1. The van der Waals surface area contributed by atoms with Crippen LogP contribution in [0.4, 0.5) is 11.5 Å². The molecule has 108 valence electrons. The number of amides is 1. The summed E-state index contributed by atoms with van der Waals surface area (Å²) in [5, 5.41) is 6.02. The van der Waals surface area contributed by atoms with E-state index in [4.69, 9.17) is 4.74 Å². The van der Waals surface area contributed by atoms with Gasteiger partial charge >= 0.3 is 0 Å². The van der Waals surface area contributed by atoms with Crippen LogP contribution in [0.15, 0.2) is 36.7 Å². The summed E-state index contributed by atoms with van der Waals surface area (Å²) in [4.78, 5) is 20.3. The molecule has 0 radical (unpaired) electrons. The van der Waals surface area contributed by atoms with Crippen LogP contribution in [0.1, 0.15) is 12.5 Å². The molecule has 0 bridgehead atoms. The van der Waals surface area contributed by atoms with Gasteiger partial charge in [0.2, 0.25) is 11.8 Å². The first-order valence-electron chi connectivity index (χ1n) is 6.86. The van der Waals surface area contributed by atoms with Gasteiger partial charge in [0.1, 0.15) is 18.2 Å². The Morgan fingerprint density at radius 1 is 1.38 bits per heavy atom. The van der Waals surface area contributed by atoms with E-state index >= 15 is 0 Å². The number of nitrogens with one attached hydrogen (secondary N) is 2. The van der Waals surface area contributed by atoms with Gasteiger partial charge in [0.05, 0.1) is 6.61 Å². The monoisotopic (exact) mass is 284 g/mol. The zero-order valence-electron chi connectivity index (χ0n) is 11.7. The third-order valence-electron chi connectivity index (χ3n) is 3.27. The van der Waals surface area contributed by atoms with E-state index in [1.165, 1.54) is 6.33 Å². The smallest absolute Gasteiger partial charge is 0.247 e. The molecule has 2 N–H and O–H groups in total. The molecule has 0 spiro atoms. The van der Waals surface area contributed by atoms with E-state index in [0.29, 0.717) is 24.7 Å². The van der Waals surface area contributed by atoms with E-state index in [2.05, 4.69) is 20.6 Å². The second-order valence-electron chi connectivity index (χ2n) is 4.72. The molecular weight excluding hydrogens is 268 g/mol. The molecule has 3 rings (SSSR count). The van der Waals surface area contributed by atoms with Crippen molar-refractivity contribution in [3.8, 4) is 5.88 Å². The average Bonchev–Trinajstić information content (AvgIpc) is 2.49. The number of rotatable bonds is 4. The molecule has 6 heteroatoms. The number of ether oxygens (including phenoxy) is 1. The first-order valence-corrected chi connectivity index (χ1v) is 6.86. The van der Waals surface area contributed by atoms with Crippen LogP contribution in [-0.2, 0) is 11.2 Å². The standard InChI is InChI=1S/C15H16N4O2/c1-2-21-14-8-13(16-9-17-14)18-12-7-10-5-3-4-6-11(10)19-15(12)20/h3-6,8-9,12H,2,7H2,1H3,(H,19,20)(H,16,17,18). The molecule has 0 fully saturated rings. The van der Waals surface area contributed by atoms with Gasteiger partial charge in [-0.2, -0.15) is 0 Å². The number of anilines is 2. The van der Waals surface area contributed by atoms with Crippen molar-refractivity contribution in [2.24, 2.45) is 0 Å². The molecule has 1 amide bonds. The molecule has 0 saturated carbocycles. The van der Waals surface area contributed by atoms with Gasteiger partial charge in [-0.25, -0.2) is 9.97 Å². The summed E-state index contributed by atoms with van der Waals surface area (Å²) in [7, 11) is 0. The number of fused-ring (bicyclic) bond motifs is 1. The predicted molar refractivity (Wildman–Crippen MR) is 79.4 cm³/mol. The maximum atomic E-state index is 12.1. The summed E-state index contributed by atoms with van der Waals surface area (Å²) >= 11 is 0. The lowest BCUT2D eigenvalue weighted by molar-refractivity contribution is -0.117. The summed E-state index contributed by atoms with van der Waals surface area (Å²) in [6, 6.07) is 9.12. The van der Waals surface area contributed by atoms with Gasteiger partial charge in [-0.3, -0.25) is 4.79 Å². The molecule has 6 nitrogen and oxygen atoms in total. The molecule has 1 aromatic heterocycles.